The molecule has 5 nitrogen and oxygen atoms in total. The van der Waals surface area contributed by atoms with Crippen LogP contribution in [0.1, 0.15) is 23.0 Å². The van der Waals surface area contributed by atoms with Crippen LogP contribution in [0.5, 0.6) is 0 Å². The lowest BCUT2D eigenvalue weighted by Crippen LogP contribution is -2.47. The van der Waals surface area contributed by atoms with Crippen molar-refractivity contribution < 1.29 is 14.6 Å². The van der Waals surface area contributed by atoms with Crippen molar-refractivity contribution in [3.63, 3.8) is 0 Å². The van der Waals surface area contributed by atoms with E-state index in [1.54, 1.807) is 23.2 Å². The summed E-state index contributed by atoms with van der Waals surface area (Å²) in [7, 11) is 0. The molecule has 5 heteroatoms. The summed E-state index contributed by atoms with van der Waals surface area (Å²) < 4.78 is 5.31. The van der Waals surface area contributed by atoms with Crippen molar-refractivity contribution in [3.05, 3.63) is 29.6 Å². The van der Waals surface area contributed by atoms with Gasteiger partial charge in [0.25, 0.3) is 5.91 Å². The molecular weight excluding hydrogens is 244 g/mol. The van der Waals surface area contributed by atoms with E-state index in [2.05, 4.69) is 16.8 Å². The van der Waals surface area contributed by atoms with Crippen LogP contribution in [0.2, 0.25) is 0 Å². The van der Waals surface area contributed by atoms with Crippen molar-refractivity contribution in [2.45, 2.75) is 13.0 Å². The molecule has 1 amide bonds. The average Bonchev–Trinajstić information content (AvgIpc) is 2.45. The van der Waals surface area contributed by atoms with Gasteiger partial charge in [0, 0.05) is 18.3 Å². The highest BCUT2D eigenvalue weighted by atomic mass is 16.5. The number of morpholine rings is 1. The van der Waals surface area contributed by atoms with Gasteiger partial charge < -0.3 is 14.7 Å². The molecule has 0 spiro atoms. The van der Waals surface area contributed by atoms with Gasteiger partial charge in [0.1, 0.15) is 12.3 Å². The highest BCUT2D eigenvalue weighted by Crippen LogP contribution is 2.11. The fourth-order valence-corrected chi connectivity index (χ4v) is 1.91. The number of amides is 1. The Morgan fingerprint density at radius 2 is 2.47 bits per heavy atom. The van der Waals surface area contributed by atoms with Crippen LogP contribution in [-0.2, 0) is 4.74 Å². The molecule has 1 N–H and O–H groups in total. The predicted octanol–water partition coefficient (Wildman–Crippen LogP) is 0.286. The van der Waals surface area contributed by atoms with E-state index in [1.165, 1.54) is 0 Å². The van der Waals surface area contributed by atoms with Crippen LogP contribution in [0, 0.1) is 11.8 Å². The normalized spacial score (nSPS) is 18.6. The SMILES string of the molecule is CC1COCCN1C(=O)c1ccc(C#CCO)cn1. The van der Waals surface area contributed by atoms with Crippen molar-refractivity contribution in [1.29, 1.82) is 0 Å². The summed E-state index contributed by atoms with van der Waals surface area (Å²) in [5, 5.41) is 8.60. The van der Waals surface area contributed by atoms with E-state index in [9.17, 15) is 4.79 Å². The quantitative estimate of drug-likeness (QED) is 0.737. The van der Waals surface area contributed by atoms with Crippen LogP contribution in [0.25, 0.3) is 0 Å². The van der Waals surface area contributed by atoms with Gasteiger partial charge in [0.2, 0.25) is 0 Å². The molecule has 1 fully saturated rings. The first kappa shape index (κ1) is 13.5. The number of carbonyl (C=O) groups is 1. The molecule has 1 atom stereocenters. The van der Waals surface area contributed by atoms with Crippen LogP contribution in [-0.4, -0.2) is 53.3 Å². The van der Waals surface area contributed by atoms with E-state index in [1.807, 2.05) is 6.92 Å². The third-order valence-electron chi connectivity index (χ3n) is 2.92. The molecule has 0 bridgehead atoms. The average molecular weight is 260 g/mol. The molecule has 1 aliphatic rings. The minimum atomic E-state index is -0.189. The van der Waals surface area contributed by atoms with E-state index >= 15 is 0 Å². The summed E-state index contributed by atoms with van der Waals surface area (Å²) in [4.78, 5) is 18.2. The molecule has 2 rings (SSSR count). The Hall–Kier alpha value is -1.90. The van der Waals surface area contributed by atoms with Crippen LogP contribution >= 0.6 is 0 Å². The fourth-order valence-electron chi connectivity index (χ4n) is 1.91. The Labute approximate surface area is 112 Å². The van der Waals surface area contributed by atoms with E-state index in [-0.39, 0.29) is 18.6 Å². The molecule has 19 heavy (non-hydrogen) atoms. The standard InChI is InChI=1S/C14H16N2O3/c1-11-10-19-8-6-16(11)14(18)13-5-4-12(9-15-13)3-2-7-17/h4-5,9,11,17H,6-8,10H2,1H3. The monoisotopic (exact) mass is 260 g/mol. The Morgan fingerprint density at radius 3 is 3.11 bits per heavy atom. The van der Waals surface area contributed by atoms with Gasteiger partial charge in [-0.3, -0.25) is 4.79 Å². The highest BCUT2D eigenvalue weighted by molar-refractivity contribution is 5.92. The predicted molar refractivity (Wildman–Crippen MR) is 69.5 cm³/mol. The van der Waals surface area contributed by atoms with Crippen molar-refractivity contribution in [1.82, 2.24) is 9.88 Å². The number of pyridine rings is 1. The summed E-state index contributed by atoms with van der Waals surface area (Å²) >= 11 is 0. The largest absolute Gasteiger partial charge is 0.384 e. The highest BCUT2D eigenvalue weighted by Gasteiger charge is 2.25. The van der Waals surface area contributed by atoms with Gasteiger partial charge in [0.05, 0.1) is 19.3 Å². The fraction of sp³-hybridized carbons (Fsp3) is 0.429. The number of aromatic nitrogens is 1. The number of rotatable bonds is 1. The molecule has 100 valence electrons. The first-order valence-corrected chi connectivity index (χ1v) is 6.17. The maximum atomic E-state index is 12.3. The molecule has 1 aromatic rings. The zero-order valence-electron chi connectivity index (χ0n) is 10.8. The maximum absolute atomic E-state index is 12.3. The van der Waals surface area contributed by atoms with Gasteiger partial charge in [-0.15, -0.1) is 0 Å². The third-order valence-corrected chi connectivity index (χ3v) is 2.92. The van der Waals surface area contributed by atoms with Gasteiger partial charge in [0.15, 0.2) is 0 Å². The number of hydrogen-bond donors (Lipinski definition) is 1. The number of aliphatic hydroxyl groups is 1. The number of aliphatic hydroxyl groups excluding tert-OH is 1. The molecule has 1 saturated heterocycles. The smallest absolute Gasteiger partial charge is 0.272 e. The number of carbonyl (C=O) groups excluding carboxylic acids is 1. The van der Waals surface area contributed by atoms with Crippen LogP contribution in [0.4, 0.5) is 0 Å². The Balaban J connectivity index is 2.10. The number of nitrogens with zero attached hydrogens (tertiary/aromatic N) is 2. The molecular formula is C14H16N2O3. The van der Waals surface area contributed by atoms with Crippen molar-refractivity contribution >= 4 is 5.91 Å². The summed E-state index contributed by atoms with van der Waals surface area (Å²) in [5.74, 6) is 5.19. The molecule has 0 aromatic carbocycles. The molecule has 1 unspecified atom stereocenters. The third kappa shape index (κ3) is 3.31. The Kier molecular flexibility index (Phi) is 4.50. The van der Waals surface area contributed by atoms with E-state index in [0.717, 1.165) is 0 Å². The summed E-state index contributed by atoms with van der Waals surface area (Å²) in [6.07, 6.45) is 1.54. The second-order valence-electron chi connectivity index (χ2n) is 4.31. The number of hydrogen-bond acceptors (Lipinski definition) is 4. The zero-order valence-corrected chi connectivity index (χ0v) is 10.8. The van der Waals surface area contributed by atoms with Crippen molar-refractivity contribution in [2.75, 3.05) is 26.4 Å². The summed E-state index contributed by atoms with van der Waals surface area (Å²) in [5.41, 5.74) is 1.09. The van der Waals surface area contributed by atoms with E-state index in [4.69, 9.17) is 9.84 Å². The molecule has 1 aromatic heterocycles. The van der Waals surface area contributed by atoms with Gasteiger partial charge >= 0.3 is 0 Å². The molecule has 0 radical (unpaired) electrons. The van der Waals surface area contributed by atoms with E-state index in [0.29, 0.717) is 31.0 Å². The molecule has 0 saturated carbocycles. The van der Waals surface area contributed by atoms with Crippen LogP contribution in [0.15, 0.2) is 18.3 Å². The zero-order chi connectivity index (χ0) is 13.7. The van der Waals surface area contributed by atoms with Crippen molar-refractivity contribution in [2.24, 2.45) is 0 Å². The van der Waals surface area contributed by atoms with Gasteiger partial charge in [-0.2, -0.15) is 0 Å². The molecule has 2 heterocycles. The van der Waals surface area contributed by atoms with Crippen LogP contribution < -0.4 is 0 Å². The lowest BCUT2D eigenvalue weighted by atomic mass is 10.2. The maximum Gasteiger partial charge on any atom is 0.272 e. The Morgan fingerprint density at radius 1 is 1.63 bits per heavy atom. The lowest BCUT2D eigenvalue weighted by Gasteiger charge is -2.33. The second kappa shape index (κ2) is 6.32. The van der Waals surface area contributed by atoms with Crippen molar-refractivity contribution in [3.8, 4) is 11.8 Å². The van der Waals surface area contributed by atoms with Gasteiger partial charge in [-0.05, 0) is 19.1 Å². The first-order chi connectivity index (χ1) is 9.22. The lowest BCUT2D eigenvalue weighted by molar-refractivity contribution is 0.00327. The molecule has 0 aliphatic carbocycles. The van der Waals surface area contributed by atoms with Gasteiger partial charge in [-0.25, -0.2) is 4.98 Å². The minimum absolute atomic E-state index is 0.0666. The second-order valence-corrected chi connectivity index (χ2v) is 4.31. The number of ether oxygens (including phenoxy) is 1. The summed E-state index contributed by atoms with van der Waals surface area (Å²) in [6.45, 7) is 3.49. The minimum Gasteiger partial charge on any atom is -0.384 e. The van der Waals surface area contributed by atoms with Gasteiger partial charge in [-0.1, -0.05) is 11.8 Å². The topological polar surface area (TPSA) is 62.7 Å². The van der Waals surface area contributed by atoms with E-state index < -0.39 is 0 Å². The molecule has 1 aliphatic heterocycles. The summed E-state index contributed by atoms with van der Waals surface area (Å²) in [6, 6.07) is 3.46. The first-order valence-electron chi connectivity index (χ1n) is 6.17. The van der Waals surface area contributed by atoms with Crippen LogP contribution in [0.3, 0.4) is 0 Å². The Bertz CT molecular complexity index is 502.